The molecule has 1 saturated heterocycles. The van der Waals surface area contributed by atoms with Gasteiger partial charge >= 0.3 is 12.1 Å². The second kappa shape index (κ2) is 13.8. The van der Waals surface area contributed by atoms with Gasteiger partial charge in [-0.1, -0.05) is 18.2 Å². The van der Waals surface area contributed by atoms with Crippen molar-refractivity contribution in [2.45, 2.75) is 17.6 Å². The van der Waals surface area contributed by atoms with Gasteiger partial charge in [-0.25, -0.2) is 13.2 Å². The van der Waals surface area contributed by atoms with E-state index in [0.29, 0.717) is 42.2 Å². The highest BCUT2D eigenvalue weighted by atomic mass is 32.2. The minimum Gasteiger partial charge on any atom is -0.497 e. The number of rotatable bonds is 7. The van der Waals surface area contributed by atoms with Gasteiger partial charge in [-0.3, -0.25) is 14.4 Å². The number of aliphatic carboxylic acids is 1. The quantitative estimate of drug-likeness (QED) is 0.413. The van der Waals surface area contributed by atoms with Crippen LogP contribution >= 0.6 is 0 Å². The molecule has 222 valence electrons. The van der Waals surface area contributed by atoms with Gasteiger partial charge in [0.05, 0.1) is 23.6 Å². The van der Waals surface area contributed by atoms with Crippen LogP contribution in [0, 0.1) is 11.3 Å². The Morgan fingerprint density at radius 3 is 2.12 bits per heavy atom. The molecule has 1 aliphatic rings. The van der Waals surface area contributed by atoms with Gasteiger partial charge in [0.25, 0.3) is 15.9 Å². The van der Waals surface area contributed by atoms with Crippen molar-refractivity contribution in [2.24, 2.45) is 0 Å². The Morgan fingerprint density at radius 1 is 1.00 bits per heavy atom. The number of carbonyl (C=O) groups is 2. The van der Waals surface area contributed by atoms with Crippen molar-refractivity contribution in [3.05, 3.63) is 89.5 Å². The summed E-state index contributed by atoms with van der Waals surface area (Å²) in [5, 5.41) is 16.2. The molecule has 42 heavy (non-hydrogen) atoms. The van der Waals surface area contributed by atoms with Crippen LogP contribution in [0.5, 0.6) is 5.75 Å². The van der Waals surface area contributed by atoms with E-state index in [4.69, 9.17) is 19.9 Å². The number of benzene rings is 3. The molecule has 0 bridgehead atoms. The largest absolute Gasteiger partial charge is 0.497 e. The topological polar surface area (TPSA) is 140 Å². The molecular formula is C28H27F3N4O6S. The lowest BCUT2D eigenvalue weighted by atomic mass is 10.1. The lowest BCUT2D eigenvalue weighted by molar-refractivity contribution is -0.192. The molecule has 0 saturated carbocycles. The first kappa shape index (κ1) is 31.9. The number of piperazine rings is 1. The van der Waals surface area contributed by atoms with Crippen LogP contribution in [0.15, 0.2) is 77.7 Å². The molecule has 10 nitrogen and oxygen atoms in total. The third kappa shape index (κ3) is 8.95. The number of sulfonamides is 1. The van der Waals surface area contributed by atoms with E-state index in [1.165, 1.54) is 19.2 Å². The summed E-state index contributed by atoms with van der Waals surface area (Å²) in [6, 6.07) is 22.3. The van der Waals surface area contributed by atoms with Crippen LogP contribution in [0.1, 0.15) is 21.5 Å². The maximum Gasteiger partial charge on any atom is 0.490 e. The van der Waals surface area contributed by atoms with E-state index < -0.39 is 22.2 Å². The highest BCUT2D eigenvalue weighted by Crippen LogP contribution is 2.20. The Labute approximate surface area is 240 Å². The van der Waals surface area contributed by atoms with E-state index >= 15 is 0 Å². The van der Waals surface area contributed by atoms with Gasteiger partial charge in [-0.15, -0.1) is 0 Å². The summed E-state index contributed by atoms with van der Waals surface area (Å²) in [7, 11) is -2.16. The third-order valence-corrected chi connectivity index (χ3v) is 7.52. The molecule has 0 spiro atoms. The number of amides is 1. The number of halogens is 3. The zero-order valence-electron chi connectivity index (χ0n) is 22.3. The predicted octanol–water partition coefficient (Wildman–Crippen LogP) is 3.96. The third-order valence-electron chi connectivity index (χ3n) is 6.12. The Kier molecular flexibility index (Phi) is 10.5. The molecule has 0 aromatic heterocycles. The fourth-order valence-corrected chi connectivity index (χ4v) is 4.98. The van der Waals surface area contributed by atoms with E-state index in [1.807, 2.05) is 17.0 Å². The molecule has 3 aromatic rings. The number of alkyl halides is 3. The van der Waals surface area contributed by atoms with Crippen molar-refractivity contribution in [1.82, 2.24) is 9.80 Å². The van der Waals surface area contributed by atoms with E-state index in [0.717, 1.165) is 18.7 Å². The Balaban J connectivity index is 0.000000616. The van der Waals surface area contributed by atoms with Crippen LogP contribution in [0.3, 0.4) is 0 Å². The van der Waals surface area contributed by atoms with E-state index in [1.54, 1.807) is 48.5 Å². The number of hydrogen-bond acceptors (Lipinski definition) is 7. The second-order valence-electron chi connectivity index (χ2n) is 9.04. The minimum atomic E-state index is -5.08. The maximum absolute atomic E-state index is 12.8. The van der Waals surface area contributed by atoms with Gasteiger partial charge in [0.15, 0.2) is 0 Å². The van der Waals surface area contributed by atoms with Gasteiger partial charge in [0, 0.05) is 44.0 Å². The second-order valence-corrected chi connectivity index (χ2v) is 10.7. The first-order valence-electron chi connectivity index (χ1n) is 12.4. The van der Waals surface area contributed by atoms with E-state index in [-0.39, 0.29) is 10.8 Å². The molecule has 14 heteroatoms. The molecule has 0 aliphatic carbocycles. The van der Waals surface area contributed by atoms with E-state index in [9.17, 15) is 26.4 Å². The van der Waals surface area contributed by atoms with Crippen LogP contribution < -0.4 is 9.46 Å². The number of methoxy groups -OCH3 is 1. The van der Waals surface area contributed by atoms with Crippen molar-refractivity contribution >= 4 is 27.6 Å². The number of carbonyl (C=O) groups excluding carboxylic acids is 1. The summed E-state index contributed by atoms with van der Waals surface area (Å²) in [5.41, 5.74) is 2.55. The predicted molar refractivity (Wildman–Crippen MR) is 146 cm³/mol. The number of carboxylic acid groups (broad SMARTS) is 1. The van der Waals surface area contributed by atoms with Crippen molar-refractivity contribution < 1.29 is 41.0 Å². The zero-order valence-corrected chi connectivity index (χ0v) is 23.2. The number of carboxylic acids is 1. The van der Waals surface area contributed by atoms with Crippen LogP contribution in [0.25, 0.3) is 0 Å². The summed E-state index contributed by atoms with van der Waals surface area (Å²) < 4.78 is 64.6. The molecule has 2 N–H and O–H groups in total. The number of ether oxygens (including phenoxy) is 1. The average Bonchev–Trinajstić information content (AvgIpc) is 2.98. The molecule has 0 atom stereocenters. The monoisotopic (exact) mass is 604 g/mol. The molecule has 1 fully saturated rings. The van der Waals surface area contributed by atoms with Crippen LogP contribution in [0.2, 0.25) is 0 Å². The summed E-state index contributed by atoms with van der Waals surface area (Å²) in [6.45, 7) is 3.38. The zero-order chi connectivity index (χ0) is 30.9. The maximum atomic E-state index is 12.8. The molecule has 3 aromatic carbocycles. The Hall–Kier alpha value is -4.61. The molecule has 1 aliphatic heterocycles. The number of nitrogens with one attached hydrogen (secondary N) is 1. The molecule has 0 radical (unpaired) electrons. The van der Waals surface area contributed by atoms with Gasteiger partial charge < -0.3 is 14.7 Å². The molecule has 0 unspecified atom stereocenters. The Bertz CT molecular complexity index is 1530. The van der Waals surface area contributed by atoms with Crippen molar-refractivity contribution in [1.29, 1.82) is 5.26 Å². The van der Waals surface area contributed by atoms with Crippen molar-refractivity contribution in [3.8, 4) is 11.8 Å². The lowest BCUT2D eigenvalue weighted by Gasteiger charge is -2.34. The first-order valence-corrected chi connectivity index (χ1v) is 13.9. The average molecular weight is 605 g/mol. The number of anilines is 1. The van der Waals surface area contributed by atoms with Crippen molar-refractivity contribution in [2.75, 3.05) is 38.0 Å². The SMILES string of the molecule is COc1ccc(S(=O)(=O)Nc2ccc(CN3CCN(C(=O)c4cccc(C#N)c4)CC3)cc2)cc1.O=C(O)C(F)(F)F. The van der Waals surface area contributed by atoms with Crippen molar-refractivity contribution in [3.63, 3.8) is 0 Å². The number of hydrogen-bond donors (Lipinski definition) is 2. The highest BCUT2D eigenvalue weighted by Gasteiger charge is 2.38. The Morgan fingerprint density at radius 2 is 1.60 bits per heavy atom. The molecule has 1 amide bonds. The van der Waals surface area contributed by atoms with Crippen LogP contribution in [-0.2, 0) is 21.4 Å². The van der Waals surface area contributed by atoms with E-state index in [2.05, 4.69) is 15.7 Å². The van der Waals surface area contributed by atoms with Gasteiger partial charge in [-0.2, -0.15) is 18.4 Å². The fourth-order valence-electron chi connectivity index (χ4n) is 3.92. The highest BCUT2D eigenvalue weighted by molar-refractivity contribution is 7.92. The smallest absolute Gasteiger partial charge is 0.490 e. The van der Waals surface area contributed by atoms with Crippen LogP contribution in [-0.4, -0.2) is 74.7 Å². The standard InChI is InChI=1S/C26H26N4O4S.C2HF3O2/c1-34-24-9-11-25(12-10-24)35(32,33)28-23-7-5-20(6-8-23)19-29-13-15-30(16-14-29)26(31)22-4-2-3-21(17-22)18-27;3-2(4,5)1(6)7/h2-12,17,28H,13-16,19H2,1H3;(H,6,7). The van der Waals surface area contributed by atoms with Gasteiger partial charge in [0.1, 0.15) is 5.75 Å². The minimum absolute atomic E-state index is 0.0600. The fraction of sp³-hybridized carbons (Fsp3) is 0.250. The van der Waals surface area contributed by atoms with Gasteiger partial charge in [0.2, 0.25) is 0 Å². The summed E-state index contributed by atoms with van der Waals surface area (Å²) >= 11 is 0. The molecule has 1 heterocycles. The first-order chi connectivity index (χ1) is 19.8. The lowest BCUT2D eigenvalue weighted by Crippen LogP contribution is -2.48. The summed E-state index contributed by atoms with van der Waals surface area (Å²) in [4.78, 5) is 25.9. The number of nitrogens with zero attached hydrogens (tertiary/aromatic N) is 3. The normalized spacial score (nSPS) is 13.7. The van der Waals surface area contributed by atoms with Gasteiger partial charge in [-0.05, 0) is 60.2 Å². The molecule has 4 rings (SSSR count). The summed E-state index contributed by atoms with van der Waals surface area (Å²) in [5.74, 6) is -2.23. The van der Waals surface area contributed by atoms with Crippen LogP contribution in [0.4, 0.5) is 18.9 Å². The number of nitriles is 1. The summed E-state index contributed by atoms with van der Waals surface area (Å²) in [6.07, 6.45) is -5.08. The molecular weight excluding hydrogens is 577 g/mol.